The van der Waals surface area contributed by atoms with Crippen LogP contribution >= 0.6 is 11.3 Å². The van der Waals surface area contributed by atoms with Crippen LogP contribution in [-0.4, -0.2) is 28.4 Å². The van der Waals surface area contributed by atoms with Crippen molar-refractivity contribution >= 4 is 23.2 Å². The highest BCUT2D eigenvalue weighted by molar-refractivity contribution is 7.10. The van der Waals surface area contributed by atoms with Crippen LogP contribution in [0.25, 0.3) is 0 Å². The van der Waals surface area contributed by atoms with Crippen molar-refractivity contribution in [3.05, 3.63) is 58.0 Å². The second-order valence-corrected chi connectivity index (χ2v) is 6.85. The summed E-state index contributed by atoms with van der Waals surface area (Å²) in [6.45, 7) is 0.312. The molecule has 3 rings (SSSR count). The molecule has 24 heavy (non-hydrogen) atoms. The van der Waals surface area contributed by atoms with E-state index in [0.29, 0.717) is 24.9 Å². The lowest BCUT2D eigenvalue weighted by atomic mass is 9.87. The zero-order chi connectivity index (χ0) is 17.1. The quantitative estimate of drug-likeness (QED) is 0.901. The minimum absolute atomic E-state index is 0.0674. The van der Waals surface area contributed by atoms with Crippen LogP contribution in [0.2, 0.25) is 0 Å². The van der Waals surface area contributed by atoms with E-state index in [2.05, 4.69) is 0 Å². The molecular formula is C18H18FNO3S. The summed E-state index contributed by atoms with van der Waals surface area (Å²) in [7, 11) is 0. The van der Waals surface area contributed by atoms with E-state index in [9.17, 15) is 19.1 Å². The minimum atomic E-state index is -0.892. The summed E-state index contributed by atoms with van der Waals surface area (Å²) in [6, 6.07) is 9.71. The van der Waals surface area contributed by atoms with E-state index in [1.165, 1.54) is 17.4 Å². The van der Waals surface area contributed by atoms with Crippen molar-refractivity contribution < 1.29 is 19.1 Å². The fourth-order valence-corrected chi connectivity index (χ4v) is 4.13. The fourth-order valence-electron chi connectivity index (χ4n) is 3.23. The van der Waals surface area contributed by atoms with Crippen LogP contribution in [0, 0.1) is 11.7 Å². The normalized spacial score (nSPS) is 21.0. The summed E-state index contributed by atoms with van der Waals surface area (Å²) >= 11 is 1.45. The standard InChI is InChI=1S/C18H18FNO3S/c19-14-5-2-1-4-12(14)9-10-20-16(21)8-7-13(18(22)23)17(20)15-6-3-11-24-15/h1-6,11,13,17H,7-10H2,(H,22,23)/t13-,17+/m0/s1. The summed E-state index contributed by atoms with van der Waals surface area (Å²) in [5.41, 5.74) is 0.535. The monoisotopic (exact) mass is 347 g/mol. The molecule has 1 aliphatic rings. The number of carboxylic acid groups (broad SMARTS) is 1. The molecule has 0 radical (unpaired) electrons. The van der Waals surface area contributed by atoms with Crippen molar-refractivity contribution in [1.29, 1.82) is 0 Å². The lowest BCUT2D eigenvalue weighted by Gasteiger charge is -2.39. The van der Waals surface area contributed by atoms with Gasteiger partial charge >= 0.3 is 5.97 Å². The van der Waals surface area contributed by atoms with Gasteiger partial charge in [-0.3, -0.25) is 9.59 Å². The molecule has 1 aliphatic heterocycles. The van der Waals surface area contributed by atoms with Crippen LogP contribution in [0.15, 0.2) is 41.8 Å². The second kappa shape index (κ2) is 7.13. The van der Waals surface area contributed by atoms with Gasteiger partial charge in [-0.05, 0) is 35.9 Å². The number of likely N-dealkylation sites (tertiary alicyclic amines) is 1. The zero-order valence-electron chi connectivity index (χ0n) is 13.0. The largest absolute Gasteiger partial charge is 0.481 e. The molecule has 2 heterocycles. The first-order chi connectivity index (χ1) is 11.6. The number of thiophene rings is 1. The van der Waals surface area contributed by atoms with Gasteiger partial charge in [-0.15, -0.1) is 11.3 Å². The molecule has 0 unspecified atom stereocenters. The molecule has 1 N–H and O–H groups in total. The Balaban J connectivity index is 1.85. The number of rotatable bonds is 5. The molecule has 1 saturated heterocycles. The van der Waals surface area contributed by atoms with Gasteiger partial charge in [0.05, 0.1) is 12.0 Å². The lowest BCUT2D eigenvalue weighted by Crippen LogP contribution is -2.45. The van der Waals surface area contributed by atoms with Crippen LogP contribution in [-0.2, 0) is 16.0 Å². The number of aliphatic carboxylic acids is 1. The summed E-state index contributed by atoms with van der Waals surface area (Å²) in [4.78, 5) is 26.5. The Morgan fingerprint density at radius 3 is 2.75 bits per heavy atom. The van der Waals surface area contributed by atoms with Gasteiger partial charge < -0.3 is 10.0 Å². The van der Waals surface area contributed by atoms with E-state index < -0.39 is 17.9 Å². The second-order valence-electron chi connectivity index (χ2n) is 5.87. The van der Waals surface area contributed by atoms with Crippen molar-refractivity contribution in [1.82, 2.24) is 4.90 Å². The molecule has 0 saturated carbocycles. The molecule has 0 spiro atoms. The first-order valence-corrected chi connectivity index (χ1v) is 8.75. The highest BCUT2D eigenvalue weighted by Gasteiger charge is 2.41. The van der Waals surface area contributed by atoms with Gasteiger partial charge in [0.15, 0.2) is 0 Å². The third-order valence-corrected chi connectivity index (χ3v) is 5.38. The Labute approximate surface area is 143 Å². The SMILES string of the molecule is O=C(O)[C@H]1CCC(=O)N(CCc2ccccc2F)[C@H]1c1cccs1. The molecule has 0 bridgehead atoms. The van der Waals surface area contributed by atoms with Crippen molar-refractivity contribution in [3.63, 3.8) is 0 Å². The van der Waals surface area contributed by atoms with E-state index in [1.54, 1.807) is 23.1 Å². The third kappa shape index (κ3) is 3.33. The molecule has 6 heteroatoms. The molecule has 126 valence electrons. The predicted molar refractivity (Wildman–Crippen MR) is 89.2 cm³/mol. The summed E-state index contributed by atoms with van der Waals surface area (Å²) in [5.74, 6) is -1.88. The highest BCUT2D eigenvalue weighted by atomic mass is 32.1. The van der Waals surface area contributed by atoms with E-state index in [-0.39, 0.29) is 18.1 Å². The Morgan fingerprint density at radius 2 is 2.08 bits per heavy atom. The van der Waals surface area contributed by atoms with Crippen molar-refractivity contribution in [2.75, 3.05) is 6.54 Å². The van der Waals surface area contributed by atoms with Gasteiger partial charge in [0, 0.05) is 17.8 Å². The summed E-state index contributed by atoms with van der Waals surface area (Å²) in [5, 5.41) is 11.4. The molecule has 2 atom stereocenters. The van der Waals surface area contributed by atoms with E-state index in [1.807, 2.05) is 17.5 Å². The van der Waals surface area contributed by atoms with Crippen LogP contribution in [0.3, 0.4) is 0 Å². The topological polar surface area (TPSA) is 57.6 Å². The van der Waals surface area contributed by atoms with Crippen LogP contribution < -0.4 is 0 Å². The van der Waals surface area contributed by atoms with Crippen LogP contribution in [0.1, 0.15) is 29.3 Å². The van der Waals surface area contributed by atoms with Gasteiger partial charge in [-0.1, -0.05) is 24.3 Å². The average molecular weight is 347 g/mol. The number of carboxylic acids is 1. The Kier molecular flexibility index (Phi) is 4.94. The number of hydrogen-bond donors (Lipinski definition) is 1. The number of halogens is 1. The third-order valence-electron chi connectivity index (χ3n) is 4.44. The number of piperidine rings is 1. The molecule has 1 aromatic heterocycles. The van der Waals surface area contributed by atoms with Gasteiger partial charge in [0.1, 0.15) is 5.82 Å². The van der Waals surface area contributed by atoms with Gasteiger partial charge in [0.25, 0.3) is 0 Å². The van der Waals surface area contributed by atoms with Gasteiger partial charge in [0.2, 0.25) is 5.91 Å². The van der Waals surface area contributed by atoms with E-state index in [4.69, 9.17) is 0 Å². The summed E-state index contributed by atoms with van der Waals surface area (Å²) in [6.07, 6.45) is 0.926. The molecule has 0 aliphatic carbocycles. The van der Waals surface area contributed by atoms with Gasteiger partial charge in [-0.2, -0.15) is 0 Å². The van der Waals surface area contributed by atoms with Crippen molar-refractivity contribution in [2.45, 2.75) is 25.3 Å². The first-order valence-electron chi connectivity index (χ1n) is 7.87. The molecule has 1 fully saturated rings. The van der Waals surface area contributed by atoms with Crippen molar-refractivity contribution in [3.8, 4) is 0 Å². The Morgan fingerprint density at radius 1 is 1.29 bits per heavy atom. The Hall–Kier alpha value is -2.21. The number of nitrogens with zero attached hydrogens (tertiary/aromatic N) is 1. The molecule has 4 nitrogen and oxygen atoms in total. The van der Waals surface area contributed by atoms with Crippen LogP contribution in [0.4, 0.5) is 4.39 Å². The highest BCUT2D eigenvalue weighted by Crippen LogP contribution is 2.39. The number of carbonyl (C=O) groups is 2. The first kappa shape index (κ1) is 16.6. The smallest absolute Gasteiger partial charge is 0.308 e. The number of hydrogen-bond acceptors (Lipinski definition) is 3. The number of benzene rings is 1. The van der Waals surface area contributed by atoms with Crippen LogP contribution in [0.5, 0.6) is 0 Å². The van der Waals surface area contributed by atoms with E-state index in [0.717, 1.165) is 4.88 Å². The molecular weight excluding hydrogens is 329 g/mol. The maximum atomic E-state index is 13.8. The molecule has 1 amide bonds. The predicted octanol–water partition coefficient (Wildman–Crippen LogP) is 3.49. The zero-order valence-corrected chi connectivity index (χ0v) is 13.8. The van der Waals surface area contributed by atoms with E-state index >= 15 is 0 Å². The Bertz CT molecular complexity index is 732. The average Bonchev–Trinajstić information content (AvgIpc) is 3.08. The number of amides is 1. The maximum absolute atomic E-state index is 13.8. The minimum Gasteiger partial charge on any atom is -0.481 e. The molecule has 1 aromatic carbocycles. The molecule has 2 aromatic rings. The maximum Gasteiger partial charge on any atom is 0.308 e. The van der Waals surface area contributed by atoms with Crippen molar-refractivity contribution in [2.24, 2.45) is 5.92 Å². The van der Waals surface area contributed by atoms with Gasteiger partial charge in [-0.25, -0.2) is 4.39 Å². The fraction of sp³-hybridized carbons (Fsp3) is 0.333. The number of carbonyl (C=O) groups excluding carboxylic acids is 1. The lowest BCUT2D eigenvalue weighted by molar-refractivity contribution is -0.151. The summed E-state index contributed by atoms with van der Waals surface area (Å²) < 4.78 is 13.8.